The van der Waals surface area contributed by atoms with Gasteiger partial charge in [0, 0.05) is 11.9 Å². The fourth-order valence-corrected chi connectivity index (χ4v) is 2.36. The van der Waals surface area contributed by atoms with Gasteiger partial charge in [0.25, 0.3) is 0 Å². The lowest BCUT2D eigenvalue weighted by molar-refractivity contribution is -0.129. The van der Waals surface area contributed by atoms with Crippen LogP contribution in [0.2, 0.25) is 0 Å². The lowest BCUT2D eigenvalue weighted by atomic mass is 9.84. The maximum absolute atomic E-state index is 12.5. The van der Waals surface area contributed by atoms with Crippen molar-refractivity contribution < 1.29 is 4.79 Å². The highest BCUT2D eigenvalue weighted by Gasteiger charge is 2.36. The largest absolute Gasteiger partial charge is 0.297 e. The number of hydrogen-bond acceptors (Lipinski definition) is 3. The van der Waals surface area contributed by atoms with E-state index in [1.165, 1.54) is 0 Å². The second kappa shape index (κ2) is 5.92. The van der Waals surface area contributed by atoms with E-state index in [4.69, 9.17) is 0 Å². The van der Waals surface area contributed by atoms with Crippen LogP contribution in [0.15, 0.2) is 24.4 Å². The molecule has 0 aromatic carbocycles. The van der Waals surface area contributed by atoms with E-state index in [-0.39, 0.29) is 11.3 Å². The SMILES string of the molecule is CCC(CC)(C(=O)Cc1ccccn1)N(C)C. The van der Waals surface area contributed by atoms with Gasteiger partial charge in [-0.15, -0.1) is 0 Å². The van der Waals surface area contributed by atoms with Gasteiger partial charge in [0.1, 0.15) is 0 Å². The van der Waals surface area contributed by atoms with Gasteiger partial charge in [-0.2, -0.15) is 0 Å². The van der Waals surface area contributed by atoms with Crippen molar-refractivity contribution in [1.29, 1.82) is 0 Å². The third-order valence-electron chi connectivity index (χ3n) is 3.61. The second-order valence-corrected chi connectivity index (χ2v) is 4.55. The molecule has 0 aliphatic rings. The van der Waals surface area contributed by atoms with Gasteiger partial charge in [-0.1, -0.05) is 19.9 Å². The second-order valence-electron chi connectivity index (χ2n) is 4.55. The molecule has 0 N–H and O–H groups in total. The molecule has 0 atom stereocenters. The van der Waals surface area contributed by atoms with E-state index in [1.807, 2.05) is 37.2 Å². The molecular weight excluding hydrogens is 212 g/mol. The topological polar surface area (TPSA) is 33.2 Å². The predicted molar refractivity (Wildman–Crippen MR) is 69.9 cm³/mol. The Morgan fingerprint density at radius 1 is 1.29 bits per heavy atom. The van der Waals surface area contributed by atoms with E-state index in [0.717, 1.165) is 18.5 Å². The maximum Gasteiger partial charge on any atom is 0.158 e. The molecular formula is C14H22N2O. The average molecular weight is 234 g/mol. The number of ketones is 1. The average Bonchev–Trinajstić information content (AvgIpc) is 2.32. The van der Waals surface area contributed by atoms with Crippen LogP contribution in [0, 0.1) is 0 Å². The molecule has 17 heavy (non-hydrogen) atoms. The molecule has 1 aromatic heterocycles. The zero-order chi connectivity index (χ0) is 12.9. The molecule has 0 bridgehead atoms. The van der Waals surface area contributed by atoms with Crippen LogP contribution in [0.3, 0.4) is 0 Å². The van der Waals surface area contributed by atoms with Crippen molar-refractivity contribution >= 4 is 5.78 Å². The first kappa shape index (κ1) is 13.8. The summed E-state index contributed by atoms with van der Waals surface area (Å²) in [5.74, 6) is 0.256. The Morgan fingerprint density at radius 3 is 2.35 bits per heavy atom. The summed E-state index contributed by atoms with van der Waals surface area (Å²) in [6.07, 6.45) is 3.82. The van der Waals surface area contributed by atoms with Gasteiger partial charge in [0.15, 0.2) is 5.78 Å². The first-order valence-electron chi connectivity index (χ1n) is 6.17. The standard InChI is InChI=1S/C14H22N2O/c1-5-14(6-2,16(3)4)13(17)11-12-9-7-8-10-15-12/h7-10H,5-6,11H2,1-4H3. The molecule has 0 aliphatic carbocycles. The Morgan fingerprint density at radius 2 is 1.94 bits per heavy atom. The summed E-state index contributed by atoms with van der Waals surface area (Å²) in [6.45, 7) is 4.14. The number of carbonyl (C=O) groups is 1. The molecule has 0 aliphatic heterocycles. The Hall–Kier alpha value is -1.22. The Kier molecular flexibility index (Phi) is 4.82. The van der Waals surface area contributed by atoms with Gasteiger partial charge in [-0.05, 0) is 39.1 Å². The minimum Gasteiger partial charge on any atom is -0.297 e. The maximum atomic E-state index is 12.5. The molecule has 0 spiro atoms. The quantitative estimate of drug-likeness (QED) is 0.757. The van der Waals surface area contributed by atoms with Gasteiger partial charge in [0.05, 0.1) is 12.0 Å². The van der Waals surface area contributed by atoms with Gasteiger partial charge in [-0.3, -0.25) is 14.7 Å². The zero-order valence-corrected chi connectivity index (χ0v) is 11.2. The first-order valence-corrected chi connectivity index (χ1v) is 6.17. The van der Waals surface area contributed by atoms with E-state index >= 15 is 0 Å². The number of Topliss-reactive ketones (excluding diaryl/α,β-unsaturated/α-hetero) is 1. The summed E-state index contributed by atoms with van der Waals surface area (Å²) in [6, 6.07) is 5.70. The Bertz CT molecular complexity index is 356. The van der Waals surface area contributed by atoms with Crippen molar-refractivity contribution in [1.82, 2.24) is 9.88 Å². The van der Waals surface area contributed by atoms with Crippen LogP contribution >= 0.6 is 0 Å². The lowest BCUT2D eigenvalue weighted by Gasteiger charge is -2.37. The highest BCUT2D eigenvalue weighted by Crippen LogP contribution is 2.24. The molecule has 0 unspecified atom stereocenters. The zero-order valence-electron chi connectivity index (χ0n) is 11.2. The van der Waals surface area contributed by atoms with E-state index in [0.29, 0.717) is 6.42 Å². The van der Waals surface area contributed by atoms with E-state index in [1.54, 1.807) is 6.20 Å². The van der Waals surface area contributed by atoms with Crippen LogP contribution in [0.25, 0.3) is 0 Å². The van der Waals surface area contributed by atoms with Crippen LogP contribution in [0.4, 0.5) is 0 Å². The highest BCUT2D eigenvalue weighted by molar-refractivity contribution is 5.89. The fourth-order valence-electron chi connectivity index (χ4n) is 2.36. The van der Waals surface area contributed by atoms with Crippen molar-refractivity contribution in [2.75, 3.05) is 14.1 Å². The summed E-state index contributed by atoms with van der Waals surface area (Å²) < 4.78 is 0. The van der Waals surface area contributed by atoms with Crippen molar-refractivity contribution in [2.45, 2.75) is 38.6 Å². The van der Waals surface area contributed by atoms with Crippen LogP contribution < -0.4 is 0 Å². The summed E-state index contributed by atoms with van der Waals surface area (Å²) in [5.41, 5.74) is 0.503. The molecule has 1 heterocycles. The minimum absolute atomic E-state index is 0.256. The van der Waals surface area contributed by atoms with Crippen molar-refractivity contribution in [2.24, 2.45) is 0 Å². The molecule has 3 heteroatoms. The molecule has 0 fully saturated rings. The van der Waals surface area contributed by atoms with Crippen LogP contribution in [-0.2, 0) is 11.2 Å². The number of aromatic nitrogens is 1. The molecule has 0 amide bonds. The third kappa shape index (κ3) is 2.91. The molecule has 0 radical (unpaired) electrons. The summed E-state index contributed by atoms with van der Waals surface area (Å²) in [5, 5.41) is 0. The third-order valence-corrected chi connectivity index (χ3v) is 3.61. The van der Waals surface area contributed by atoms with E-state index < -0.39 is 0 Å². The molecule has 1 aromatic rings. The van der Waals surface area contributed by atoms with Crippen LogP contribution in [0.1, 0.15) is 32.4 Å². The Labute approximate surface area is 104 Å². The van der Waals surface area contributed by atoms with Crippen molar-refractivity contribution in [3.63, 3.8) is 0 Å². The smallest absolute Gasteiger partial charge is 0.158 e. The lowest BCUT2D eigenvalue weighted by Crippen LogP contribution is -2.51. The fraction of sp³-hybridized carbons (Fsp3) is 0.571. The van der Waals surface area contributed by atoms with Gasteiger partial charge in [-0.25, -0.2) is 0 Å². The molecule has 94 valence electrons. The van der Waals surface area contributed by atoms with Crippen molar-refractivity contribution in [3.8, 4) is 0 Å². The summed E-state index contributed by atoms with van der Waals surface area (Å²) in [4.78, 5) is 18.7. The van der Waals surface area contributed by atoms with E-state index in [2.05, 4.69) is 18.8 Å². The van der Waals surface area contributed by atoms with Gasteiger partial charge < -0.3 is 0 Å². The molecule has 0 saturated carbocycles. The van der Waals surface area contributed by atoms with Crippen LogP contribution in [0.5, 0.6) is 0 Å². The summed E-state index contributed by atoms with van der Waals surface area (Å²) in [7, 11) is 3.95. The Balaban J connectivity index is 2.87. The molecule has 3 nitrogen and oxygen atoms in total. The number of likely N-dealkylation sites (N-methyl/N-ethyl adjacent to an activating group) is 1. The number of hydrogen-bond donors (Lipinski definition) is 0. The first-order chi connectivity index (χ1) is 8.06. The normalized spacial score (nSPS) is 11.8. The molecule has 1 rings (SSSR count). The van der Waals surface area contributed by atoms with Crippen LogP contribution in [-0.4, -0.2) is 35.3 Å². The number of rotatable bonds is 6. The number of pyridine rings is 1. The van der Waals surface area contributed by atoms with E-state index in [9.17, 15) is 4.79 Å². The minimum atomic E-state index is -0.350. The molecule has 0 saturated heterocycles. The monoisotopic (exact) mass is 234 g/mol. The number of carbonyl (C=O) groups excluding carboxylic acids is 1. The predicted octanol–water partition coefficient (Wildman–Crippen LogP) is 2.31. The van der Waals surface area contributed by atoms with Crippen molar-refractivity contribution in [3.05, 3.63) is 30.1 Å². The highest BCUT2D eigenvalue weighted by atomic mass is 16.1. The van der Waals surface area contributed by atoms with Gasteiger partial charge >= 0.3 is 0 Å². The summed E-state index contributed by atoms with van der Waals surface area (Å²) >= 11 is 0. The number of nitrogens with zero attached hydrogens (tertiary/aromatic N) is 2. The van der Waals surface area contributed by atoms with Gasteiger partial charge in [0.2, 0.25) is 0 Å².